The van der Waals surface area contributed by atoms with Crippen molar-refractivity contribution in [2.24, 2.45) is 0 Å². The number of amides is 2. The molecule has 2 fully saturated rings. The van der Waals surface area contributed by atoms with Gasteiger partial charge in [0.05, 0.1) is 12.7 Å². The molecule has 11 heteroatoms. The maximum atomic E-state index is 12.6. The van der Waals surface area contributed by atoms with Gasteiger partial charge in [-0.2, -0.15) is 5.10 Å². The predicted octanol–water partition coefficient (Wildman–Crippen LogP) is 3.26. The van der Waals surface area contributed by atoms with Crippen molar-refractivity contribution >= 4 is 24.1 Å². The van der Waals surface area contributed by atoms with Crippen LogP contribution < -0.4 is 20.1 Å². The molecule has 4 rings (SSSR count). The smallest absolute Gasteiger partial charge is 0.407 e. The van der Waals surface area contributed by atoms with Crippen LogP contribution in [0.25, 0.3) is 0 Å². The fraction of sp³-hybridized carbons (Fsp3) is 0.500. The van der Waals surface area contributed by atoms with Gasteiger partial charge in [-0.05, 0) is 46.0 Å². The average molecular weight is 487 g/mol. The molecule has 2 amide bonds. The van der Waals surface area contributed by atoms with Gasteiger partial charge < -0.3 is 30.0 Å². The number of aromatic amines is 1. The fourth-order valence-electron chi connectivity index (χ4n) is 4.07. The summed E-state index contributed by atoms with van der Waals surface area (Å²) in [4.78, 5) is 36.0. The molecule has 11 nitrogen and oxygen atoms in total. The molecule has 0 unspecified atom stereocenters. The molecule has 0 spiro atoms. The van der Waals surface area contributed by atoms with E-state index in [-0.39, 0.29) is 46.5 Å². The summed E-state index contributed by atoms with van der Waals surface area (Å²) in [6.45, 7) is 3.51. The van der Waals surface area contributed by atoms with E-state index < -0.39 is 12.0 Å². The van der Waals surface area contributed by atoms with E-state index in [4.69, 9.17) is 14.2 Å². The topological polar surface area (TPSA) is 152 Å². The number of rotatable bonds is 9. The van der Waals surface area contributed by atoms with Crippen molar-refractivity contribution < 1.29 is 33.7 Å². The summed E-state index contributed by atoms with van der Waals surface area (Å²) in [6.07, 6.45) is 3.13. The van der Waals surface area contributed by atoms with Crippen molar-refractivity contribution in [3.8, 4) is 17.2 Å². The van der Waals surface area contributed by atoms with Crippen LogP contribution in [0.1, 0.15) is 67.9 Å². The summed E-state index contributed by atoms with van der Waals surface area (Å²) in [5.74, 6) is -0.0268. The molecule has 1 heterocycles. The summed E-state index contributed by atoms with van der Waals surface area (Å²) >= 11 is 0. The highest BCUT2D eigenvalue weighted by Crippen LogP contribution is 2.37. The zero-order valence-electron chi connectivity index (χ0n) is 19.9. The molecule has 4 N–H and O–H groups in total. The second-order valence-corrected chi connectivity index (χ2v) is 9.36. The third kappa shape index (κ3) is 5.84. The van der Waals surface area contributed by atoms with Gasteiger partial charge in [-0.1, -0.05) is 0 Å². The van der Waals surface area contributed by atoms with Gasteiger partial charge in [-0.25, -0.2) is 4.79 Å². The number of nitrogens with zero attached hydrogens (tertiary/aromatic N) is 1. The number of methoxy groups -OCH3 is 1. The van der Waals surface area contributed by atoms with Crippen LogP contribution >= 0.6 is 0 Å². The number of hydrogen-bond donors (Lipinski definition) is 4. The molecule has 1 aromatic carbocycles. The first-order valence-electron chi connectivity index (χ1n) is 11.6. The van der Waals surface area contributed by atoms with Crippen LogP contribution in [0.15, 0.2) is 18.2 Å². The third-order valence-electron chi connectivity index (χ3n) is 6.47. The molecular weight excluding hydrogens is 456 g/mol. The Labute approximate surface area is 202 Å². The van der Waals surface area contributed by atoms with Gasteiger partial charge in [-0.15, -0.1) is 0 Å². The van der Waals surface area contributed by atoms with Crippen molar-refractivity contribution in [2.45, 2.75) is 69.6 Å². The second-order valence-electron chi connectivity index (χ2n) is 9.36. The number of phenols is 1. The zero-order chi connectivity index (χ0) is 25.2. The number of phenolic OH excluding ortho intramolecular Hbond substituents is 1. The molecule has 188 valence electrons. The molecule has 35 heavy (non-hydrogen) atoms. The number of hydrogen-bond acceptors (Lipinski definition) is 8. The van der Waals surface area contributed by atoms with Gasteiger partial charge in [-0.3, -0.25) is 14.7 Å². The standard InChI is InChI=1S/C24H30N4O7/c1-13(34-20-10-16(33-3)9-19(30)17(20)12-29)22(31)25-21-11-18(27-28-21)14-4-5-15(8-14)35-23(32)26-24(2)6-7-24/h9-15,30H,4-8H2,1-3H3,(H,26,32)(H2,25,27,28,31)/t13-,14+,15-/m1/s1. The summed E-state index contributed by atoms with van der Waals surface area (Å²) in [7, 11) is 1.41. The van der Waals surface area contributed by atoms with Crippen molar-refractivity contribution in [1.82, 2.24) is 15.5 Å². The van der Waals surface area contributed by atoms with Crippen LogP contribution in [0.3, 0.4) is 0 Å². The minimum absolute atomic E-state index is 0.0268. The molecule has 3 atom stereocenters. The Hall–Kier alpha value is -3.76. The van der Waals surface area contributed by atoms with Gasteiger partial charge in [0.15, 0.2) is 18.2 Å². The van der Waals surface area contributed by atoms with E-state index in [0.717, 1.165) is 31.4 Å². The van der Waals surface area contributed by atoms with Crippen molar-refractivity contribution in [1.29, 1.82) is 0 Å². The monoisotopic (exact) mass is 486 g/mol. The van der Waals surface area contributed by atoms with Crippen LogP contribution in [-0.4, -0.2) is 58.4 Å². The van der Waals surface area contributed by atoms with E-state index in [2.05, 4.69) is 20.8 Å². The summed E-state index contributed by atoms with van der Waals surface area (Å²) in [6, 6.07) is 4.45. The van der Waals surface area contributed by atoms with Gasteiger partial charge >= 0.3 is 6.09 Å². The highest BCUT2D eigenvalue weighted by Gasteiger charge is 2.40. The van der Waals surface area contributed by atoms with Gasteiger partial charge in [0.1, 0.15) is 23.4 Å². The number of aromatic hydroxyl groups is 1. The number of alkyl carbamates (subject to hydrolysis) is 1. The highest BCUT2D eigenvalue weighted by molar-refractivity contribution is 5.93. The number of benzene rings is 1. The number of carbonyl (C=O) groups excluding carboxylic acids is 3. The van der Waals surface area contributed by atoms with E-state index in [1.807, 2.05) is 6.92 Å². The number of aromatic nitrogens is 2. The second kappa shape index (κ2) is 9.85. The lowest BCUT2D eigenvalue weighted by Gasteiger charge is -2.16. The largest absolute Gasteiger partial charge is 0.507 e. The van der Waals surface area contributed by atoms with E-state index in [9.17, 15) is 19.5 Å². The molecule has 0 aliphatic heterocycles. The number of H-pyrrole nitrogens is 1. The first-order chi connectivity index (χ1) is 16.7. The van der Waals surface area contributed by atoms with Crippen LogP contribution in [0.4, 0.5) is 10.6 Å². The van der Waals surface area contributed by atoms with E-state index in [0.29, 0.717) is 18.5 Å². The molecule has 0 bridgehead atoms. The molecule has 2 aliphatic rings. The van der Waals surface area contributed by atoms with Gasteiger partial charge in [0, 0.05) is 35.3 Å². The number of aldehydes is 1. The number of nitrogens with one attached hydrogen (secondary N) is 3. The highest BCUT2D eigenvalue weighted by atomic mass is 16.6. The Balaban J connectivity index is 1.31. The van der Waals surface area contributed by atoms with E-state index >= 15 is 0 Å². The maximum absolute atomic E-state index is 12.6. The maximum Gasteiger partial charge on any atom is 0.407 e. The number of carbonyl (C=O) groups is 3. The zero-order valence-corrected chi connectivity index (χ0v) is 19.9. The molecule has 0 saturated heterocycles. The summed E-state index contributed by atoms with van der Waals surface area (Å²) < 4.78 is 16.2. The van der Waals surface area contributed by atoms with Crippen molar-refractivity contribution in [3.63, 3.8) is 0 Å². The molecule has 0 radical (unpaired) electrons. The quantitative estimate of drug-likeness (QED) is 0.394. The Bertz CT molecular complexity index is 1110. The molecule has 1 aromatic heterocycles. The Kier molecular flexibility index (Phi) is 6.86. The lowest BCUT2D eigenvalue weighted by molar-refractivity contribution is -0.122. The first-order valence-corrected chi connectivity index (χ1v) is 11.6. The third-order valence-corrected chi connectivity index (χ3v) is 6.47. The van der Waals surface area contributed by atoms with Gasteiger partial charge in [0.25, 0.3) is 5.91 Å². The summed E-state index contributed by atoms with van der Waals surface area (Å²) in [5.41, 5.74) is 0.648. The molecular formula is C24H30N4O7. The molecule has 2 aromatic rings. The normalized spacial score (nSPS) is 21.0. The van der Waals surface area contributed by atoms with Crippen LogP contribution in [0.5, 0.6) is 17.2 Å². The first kappa shape index (κ1) is 24.4. The van der Waals surface area contributed by atoms with E-state index in [1.165, 1.54) is 26.2 Å². The number of ether oxygens (including phenoxy) is 3. The van der Waals surface area contributed by atoms with Crippen molar-refractivity contribution in [3.05, 3.63) is 29.5 Å². The van der Waals surface area contributed by atoms with E-state index in [1.54, 1.807) is 6.07 Å². The van der Waals surface area contributed by atoms with Crippen LogP contribution in [-0.2, 0) is 9.53 Å². The minimum atomic E-state index is -0.989. The van der Waals surface area contributed by atoms with Crippen molar-refractivity contribution in [2.75, 3.05) is 12.4 Å². The van der Waals surface area contributed by atoms with Gasteiger partial charge in [0.2, 0.25) is 0 Å². The lowest BCUT2D eigenvalue weighted by Crippen LogP contribution is -2.36. The minimum Gasteiger partial charge on any atom is -0.507 e. The fourth-order valence-corrected chi connectivity index (χ4v) is 4.07. The number of anilines is 1. The SMILES string of the molecule is COc1cc(O)c(C=O)c(O[C@H](C)C(=O)Nc2cc([C@H]3CC[C@@H](OC(=O)NC4(C)CC4)C3)[nH]n2)c1. The lowest BCUT2D eigenvalue weighted by atomic mass is 10.0. The molecule has 2 saturated carbocycles. The Morgan fingerprint density at radius 1 is 1.29 bits per heavy atom. The Morgan fingerprint density at radius 3 is 2.74 bits per heavy atom. The summed E-state index contributed by atoms with van der Waals surface area (Å²) in [5, 5.41) is 22.7. The van der Waals surface area contributed by atoms with Crippen LogP contribution in [0, 0.1) is 0 Å². The average Bonchev–Trinajstić information content (AvgIpc) is 3.16. The van der Waals surface area contributed by atoms with Crippen LogP contribution in [0.2, 0.25) is 0 Å². The molecule has 2 aliphatic carbocycles. The Morgan fingerprint density at radius 2 is 2.06 bits per heavy atom. The predicted molar refractivity (Wildman–Crippen MR) is 125 cm³/mol.